The fourth-order valence-electron chi connectivity index (χ4n) is 1.34. The fraction of sp³-hybridized carbons (Fsp3) is 1.00. The van der Waals surface area contributed by atoms with Gasteiger partial charge in [0.1, 0.15) is 0 Å². The number of hydrogen-bond donors (Lipinski definition) is 2. The predicted molar refractivity (Wildman–Crippen MR) is 57.0 cm³/mol. The molecule has 0 rings (SSSR count). The van der Waals surface area contributed by atoms with Crippen LogP contribution in [0.3, 0.4) is 0 Å². The molecule has 0 radical (unpaired) electrons. The summed E-state index contributed by atoms with van der Waals surface area (Å²) in [6.07, 6.45) is 3.92. The van der Waals surface area contributed by atoms with E-state index in [1.807, 2.05) is 0 Å². The van der Waals surface area contributed by atoms with E-state index in [1.54, 1.807) is 0 Å². The predicted octanol–water partition coefficient (Wildman–Crippen LogP) is 1.92. The third-order valence-corrected chi connectivity index (χ3v) is 2.42. The molecular weight excluding hydrogens is 180 g/mol. The Hall–Kier alpha value is -0.120. The first-order valence-corrected chi connectivity index (χ1v) is 5.64. The fourth-order valence-corrected chi connectivity index (χ4v) is 1.34. The molecule has 0 spiro atoms. The molecular formula is C11H24O3. The molecule has 0 aliphatic carbocycles. The van der Waals surface area contributed by atoms with Gasteiger partial charge in [-0.3, -0.25) is 0 Å². The van der Waals surface area contributed by atoms with Crippen molar-refractivity contribution < 1.29 is 14.9 Å². The van der Waals surface area contributed by atoms with Gasteiger partial charge in [-0.25, -0.2) is 0 Å². The highest BCUT2D eigenvalue weighted by Crippen LogP contribution is 2.12. The van der Waals surface area contributed by atoms with Gasteiger partial charge in [-0.15, -0.1) is 0 Å². The molecule has 0 heterocycles. The lowest BCUT2D eigenvalue weighted by molar-refractivity contribution is -0.0633. The standard InChI is InChI=1S/C11H24O3/c1-3-5-6-10(4-2)9-14-8-7-11(12)13/h10-13H,3-9H2,1-2H3. The van der Waals surface area contributed by atoms with E-state index < -0.39 is 6.29 Å². The summed E-state index contributed by atoms with van der Waals surface area (Å²) in [4.78, 5) is 0. The van der Waals surface area contributed by atoms with Gasteiger partial charge in [0, 0.05) is 13.0 Å². The maximum absolute atomic E-state index is 8.59. The minimum atomic E-state index is -1.23. The summed E-state index contributed by atoms with van der Waals surface area (Å²) in [6.45, 7) is 5.56. The summed E-state index contributed by atoms with van der Waals surface area (Å²) < 4.78 is 5.37. The molecule has 0 aromatic rings. The number of aliphatic hydroxyl groups is 2. The lowest BCUT2D eigenvalue weighted by atomic mass is 10.0. The molecule has 0 aliphatic rings. The smallest absolute Gasteiger partial charge is 0.153 e. The molecule has 14 heavy (non-hydrogen) atoms. The zero-order chi connectivity index (χ0) is 10.8. The Labute approximate surface area is 87.1 Å². The third-order valence-electron chi connectivity index (χ3n) is 2.42. The largest absolute Gasteiger partial charge is 0.381 e. The van der Waals surface area contributed by atoms with Crippen LogP contribution in [0.15, 0.2) is 0 Å². The minimum Gasteiger partial charge on any atom is -0.381 e. The monoisotopic (exact) mass is 204 g/mol. The van der Waals surface area contributed by atoms with Crippen molar-refractivity contribution in [3.8, 4) is 0 Å². The molecule has 2 N–H and O–H groups in total. The number of rotatable bonds is 9. The van der Waals surface area contributed by atoms with E-state index in [-0.39, 0.29) is 0 Å². The van der Waals surface area contributed by atoms with Crippen molar-refractivity contribution in [3.05, 3.63) is 0 Å². The Balaban J connectivity index is 3.33. The van der Waals surface area contributed by atoms with Gasteiger partial charge >= 0.3 is 0 Å². The van der Waals surface area contributed by atoms with Gasteiger partial charge in [0.25, 0.3) is 0 Å². The van der Waals surface area contributed by atoms with Gasteiger partial charge in [-0.05, 0) is 12.3 Å². The summed E-state index contributed by atoms with van der Waals surface area (Å²) in [5.41, 5.74) is 0. The van der Waals surface area contributed by atoms with Crippen molar-refractivity contribution in [1.82, 2.24) is 0 Å². The molecule has 0 bridgehead atoms. The molecule has 3 heteroatoms. The number of ether oxygens (including phenoxy) is 1. The van der Waals surface area contributed by atoms with Crippen LogP contribution in [0.25, 0.3) is 0 Å². The molecule has 0 amide bonds. The summed E-state index contributed by atoms with van der Waals surface area (Å²) >= 11 is 0. The van der Waals surface area contributed by atoms with Crippen LogP contribution >= 0.6 is 0 Å². The van der Waals surface area contributed by atoms with Crippen LogP contribution in [0.4, 0.5) is 0 Å². The lowest BCUT2D eigenvalue weighted by Gasteiger charge is -2.14. The average Bonchev–Trinajstić information content (AvgIpc) is 2.16. The van der Waals surface area contributed by atoms with Crippen LogP contribution in [0.1, 0.15) is 46.0 Å². The summed E-state index contributed by atoms with van der Waals surface area (Å²) in [6, 6.07) is 0. The van der Waals surface area contributed by atoms with E-state index in [0.29, 0.717) is 18.9 Å². The number of hydrogen-bond acceptors (Lipinski definition) is 3. The Morgan fingerprint density at radius 2 is 1.86 bits per heavy atom. The first-order chi connectivity index (χ1) is 6.70. The van der Waals surface area contributed by atoms with Crippen molar-refractivity contribution in [2.24, 2.45) is 5.92 Å². The number of aliphatic hydroxyl groups excluding tert-OH is 1. The molecule has 0 aromatic heterocycles. The van der Waals surface area contributed by atoms with Crippen molar-refractivity contribution in [2.75, 3.05) is 13.2 Å². The minimum absolute atomic E-state index is 0.310. The summed E-state index contributed by atoms with van der Waals surface area (Å²) in [5.74, 6) is 0.630. The molecule has 1 atom stereocenters. The first-order valence-electron chi connectivity index (χ1n) is 5.64. The maximum atomic E-state index is 8.59. The van der Waals surface area contributed by atoms with E-state index in [4.69, 9.17) is 14.9 Å². The number of unbranched alkanes of at least 4 members (excludes halogenated alkanes) is 1. The summed E-state index contributed by atoms with van der Waals surface area (Å²) in [5, 5.41) is 17.2. The van der Waals surface area contributed by atoms with Gasteiger partial charge in [-0.2, -0.15) is 0 Å². The van der Waals surface area contributed by atoms with Crippen LogP contribution in [0, 0.1) is 5.92 Å². The first kappa shape index (κ1) is 13.9. The highest BCUT2D eigenvalue weighted by Gasteiger charge is 2.06. The lowest BCUT2D eigenvalue weighted by Crippen LogP contribution is -2.13. The Morgan fingerprint density at radius 1 is 1.14 bits per heavy atom. The summed E-state index contributed by atoms with van der Waals surface area (Å²) in [7, 11) is 0. The van der Waals surface area contributed by atoms with Crippen LogP contribution in [-0.2, 0) is 4.74 Å². The second kappa shape index (κ2) is 9.44. The van der Waals surface area contributed by atoms with Gasteiger partial charge in [0.15, 0.2) is 6.29 Å². The van der Waals surface area contributed by atoms with Crippen LogP contribution in [0.5, 0.6) is 0 Å². The highest BCUT2D eigenvalue weighted by molar-refractivity contribution is 4.55. The Bertz CT molecular complexity index is 115. The van der Waals surface area contributed by atoms with E-state index in [0.717, 1.165) is 13.0 Å². The second-order valence-corrected chi connectivity index (χ2v) is 3.76. The second-order valence-electron chi connectivity index (χ2n) is 3.76. The average molecular weight is 204 g/mol. The SMILES string of the molecule is CCCCC(CC)COCCC(O)O. The van der Waals surface area contributed by atoms with Crippen LogP contribution in [-0.4, -0.2) is 29.7 Å². The maximum Gasteiger partial charge on any atom is 0.153 e. The van der Waals surface area contributed by atoms with Crippen molar-refractivity contribution in [2.45, 2.75) is 52.2 Å². The topological polar surface area (TPSA) is 49.7 Å². The van der Waals surface area contributed by atoms with E-state index in [2.05, 4.69) is 13.8 Å². The molecule has 0 aromatic carbocycles. The quantitative estimate of drug-likeness (QED) is 0.445. The molecule has 3 nitrogen and oxygen atoms in total. The zero-order valence-electron chi connectivity index (χ0n) is 9.41. The van der Waals surface area contributed by atoms with Crippen LogP contribution < -0.4 is 0 Å². The van der Waals surface area contributed by atoms with Gasteiger partial charge in [0.2, 0.25) is 0 Å². The van der Waals surface area contributed by atoms with Crippen molar-refractivity contribution >= 4 is 0 Å². The van der Waals surface area contributed by atoms with Gasteiger partial charge in [0.05, 0.1) is 6.61 Å². The normalized spacial score (nSPS) is 13.5. The van der Waals surface area contributed by atoms with Gasteiger partial charge < -0.3 is 14.9 Å². The molecule has 0 aliphatic heterocycles. The van der Waals surface area contributed by atoms with Gasteiger partial charge in [-0.1, -0.05) is 33.1 Å². The Kier molecular flexibility index (Phi) is 9.35. The highest BCUT2D eigenvalue weighted by atomic mass is 16.5. The molecule has 1 unspecified atom stereocenters. The molecule has 0 fully saturated rings. The van der Waals surface area contributed by atoms with Crippen molar-refractivity contribution in [3.63, 3.8) is 0 Å². The van der Waals surface area contributed by atoms with E-state index >= 15 is 0 Å². The zero-order valence-corrected chi connectivity index (χ0v) is 9.41. The van der Waals surface area contributed by atoms with Crippen LogP contribution in [0.2, 0.25) is 0 Å². The Morgan fingerprint density at radius 3 is 2.36 bits per heavy atom. The molecule has 0 saturated carbocycles. The molecule has 86 valence electrons. The van der Waals surface area contributed by atoms with E-state index in [1.165, 1.54) is 19.3 Å². The molecule has 0 saturated heterocycles. The van der Waals surface area contributed by atoms with Crippen molar-refractivity contribution in [1.29, 1.82) is 0 Å². The van der Waals surface area contributed by atoms with E-state index in [9.17, 15) is 0 Å². The third kappa shape index (κ3) is 8.48.